The van der Waals surface area contributed by atoms with Gasteiger partial charge in [0, 0.05) is 37.8 Å². The Hall–Kier alpha value is -3.92. The number of benzene rings is 2. The van der Waals surface area contributed by atoms with E-state index in [1.807, 2.05) is 42.2 Å². The number of hydrogen-bond acceptors (Lipinski definition) is 5. The summed E-state index contributed by atoms with van der Waals surface area (Å²) in [4.78, 5) is 20.5. The van der Waals surface area contributed by atoms with E-state index in [2.05, 4.69) is 11.1 Å². The van der Waals surface area contributed by atoms with Crippen LogP contribution in [-0.4, -0.2) is 42.0 Å². The zero-order valence-electron chi connectivity index (χ0n) is 17.1. The first-order chi connectivity index (χ1) is 15.0. The molecule has 1 saturated heterocycles. The van der Waals surface area contributed by atoms with E-state index in [1.165, 1.54) is 23.8 Å². The molecule has 1 fully saturated rings. The number of rotatable bonds is 4. The van der Waals surface area contributed by atoms with Crippen LogP contribution < -0.4 is 4.90 Å². The Morgan fingerprint density at radius 1 is 1.13 bits per heavy atom. The van der Waals surface area contributed by atoms with Gasteiger partial charge in [-0.05, 0) is 36.8 Å². The van der Waals surface area contributed by atoms with E-state index in [0.29, 0.717) is 43.5 Å². The number of piperazine rings is 1. The van der Waals surface area contributed by atoms with Gasteiger partial charge in [-0.1, -0.05) is 35.9 Å². The molecule has 1 amide bonds. The maximum Gasteiger partial charge on any atom is 0.254 e. The first kappa shape index (κ1) is 20.4. The van der Waals surface area contributed by atoms with Gasteiger partial charge in [-0.3, -0.25) is 4.79 Å². The number of aryl methyl sites for hydroxylation is 1. The van der Waals surface area contributed by atoms with Gasteiger partial charge in [-0.15, -0.1) is 0 Å². The molecule has 4 rings (SSSR count). The third-order valence-corrected chi connectivity index (χ3v) is 5.15. The molecule has 0 bridgehead atoms. The van der Waals surface area contributed by atoms with Crippen molar-refractivity contribution in [2.45, 2.75) is 6.92 Å². The van der Waals surface area contributed by atoms with Gasteiger partial charge in [0.25, 0.3) is 5.91 Å². The molecular formula is C24H21FN4O2. The maximum atomic E-state index is 13.4. The largest absolute Gasteiger partial charge is 0.420 e. The molecule has 0 saturated carbocycles. The summed E-state index contributed by atoms with van der Waals surface area (Å²) in [6.45, 7) is 3.89. The molecule has 3 aromatic rings. The van der Waals surface area contributed by atoms with Gasteiger partial charge in [0.05, 0.1) is 0 Å². The molecule has 7 heteroatoms. The Bertz CT molecular complexity index is 1150. The molecule has 6 nitrogen and oxygen atoms in total. The molecule has 2 aromatic carbocycles. The van der Waals surface area contributed by atoms with Crippen LogP contribution in [0.3, 0.4) is 0 Å². The minimum Gasteiger partial charge on any atom is -0.420 e. The Labute approximate surface area is 179 Å². The lowest BCUT2D eigenvalue weighted by Gasteiger charge is -2.34. The minimum absolute atomic E-state index is 0.209. The first-order valence-electron chi connectivity index (χ1n) is 9.99. The zero-order chi connectivity index (χ0) is 21.8. The third kappa shape index (κ3) is 4.64. The molecule has 31 heavy (non-hydrogen) atoms. The average Bonchev–Trinajstić information content (AvgIpc) is 3.22. The number of nitrogens with zero attached hydrogens (tertiary/aromatic N) is 4. The van der Waals surface area contributed by atoms with Crippen molar-refractivity contribution in [2.75, 3.05) is 31.1 Å². The first-order valence-corrected chi connectivity index (χ1v) is 9.99. The fourth-order valence-electron chi connectivity index (χ4n) is 3.45. The van der Waals surface area contributed by atoms with Crippen LogP contribution in [0.25, 0.3) is 12.2 Å². The molecular weight excluding hydrogens is 395 g/mol. The van der Waals surface area contributed by atoms with Gasteiger partial charge in [0.2, 0.25) is 17.5 Å². The Morgan fingerprint density at radius 3 is 2.55 bits per heavy atom. The van der Waals surface area contributed by atoms with Crippen molar-refractivity contribution in [3.8, 4) is 6.07 Å². The summed E-state index contributed by atoms with van der Waals surface area (Å²) < 4.78 is 19.3. The second-order valence-electron chi connectivity index (χ2n) is 7.35. The fraction of sp³-hybridized carbons (Fsp3) is 0.208. The lowest BCUT2D eigenvalue weighted by Crippen LogP contribution is -2.48. The summed E-state index contributed by atoms with van der Waals surface area (Å²) in [6, 6.07) is 15.8. The van der Waals surface area contributed by atoms with Gasteiger partial charge >= 0.3 is 0 Å². The minimum atomic E-state index is -0.434. The highest BCUT2D eigenvalue weighted by Gasteiger charge is 2.26. The topological polar surface area (TPSA) is 73.4 Å². The predicted octanol–water partition coefficient (Wildman–Crippen LogP) is 4.13. The summed E-state index contributed by atoms with van der Waals surface area (Å²) in [5.41, 5.74) is 2.73. The summed E-state index contributed by atoms with van der Waals surface area (Å²) in [6.07, 6.45) is 3.62. The monoisotopic (exact) mass is 416 g/mol. The van der Waals surface area contributed by atoms with E-state index in [-0.39, 0.29) is 11.6 Å². The van der Waals surface area contributed by atoms with Crippen molar-refractivity contribution in [1.82, 2.24) is 9.88 Å². The Morgan fingerprint density at radius 2 is 1.87 bits per heavy atom. The van der Waals surface area contributed by atoms with Crippen LogP contribution in [0.4, 0.5) is 10.3 Å². The molecule has 156 valence electrons. The van der Waals surface area contributed by atoms with Crippen LogP contribution in [0.2, 0.25) is 0 Å². The standard InChI is InChI=1S/C24H21FN4O2/c1-17-5-7-18(8-6-17)9-10-22-27-21(16-26)24(31-22)29-13-11-28(12-14-29)23(30)19-3-2-4-20(25)15-19/h2-10,15H,11-14H2,1H3/b10-9+. The van der Waals surface area contributed by atoms with E-state index < -0.39 is 5.82 Å². The second kappa shape index (κ2) is 8.84. The lowest BCUT2D eigenvalue weighted by atomic mass is 10.1. The molecule has 1 aliphatic rings. The predicted molar refractivity (Wildman–Crippen MR) is 116 cm³/mol. The molecule has 1 aliphatic heterocycles. The Balaban J connectivity index is 1.44. The van der Waals surface area contributed by atoms with Gasteiger partial charge in [0.15, 0.2) is 0 Å². The van der Waals surface area contributed by atoms with Gasteiger partial charge in [0.1, 0.15) is 11.9 Å². The highest BCUT2D eigenvalue weighted by atomic mass is 19.1. The molecule has 0 atom stereocenters. The number of carbonyl (C=O) groups excluding carboxylic acids is 1. The van der Waals surface area contributed by atoms with E-state index in [0.717, 1.165) is 5.56 Å². The van der Waals surface area contributed by atoms with Crippen molar-refractivity contribution in [3.63, 3.8) is 0 Å². The van der Waals surface area contributed by atoms with Crippen molar-refractivity contribution in [1.29, 1.82) is 5.26 Å². The number of aromatic nitrogens is 1. The number of carbonyl (C=O) groups is 1. The molecule has 0 N–H and O–H groups in total. The smallest absolute Gasteiger partial charge is 0.254 e. The van der Waals surface area contributed by atoms with Crippen LogP contribution in [0.5, 0.6) is 0 Å². The van der Waals surface area contributed by atoms with E-state index >= 15 is 0 Å². The molecule has 0 unspecified atom stereocenters. The summed E-state index contributed by atoms with van der Waals surface area (Å²) in [5.74, 6) is 0.115. The summed E-state index contributed by atoms with van der Waals surface area (Å²) in [5, 5.41) is 9.47. The van der Waals surface area contributed by atoms with Crippen LogP contribution in [0.15, 0.2) is 52.9 Å². The summed E-state index contributed by atoms with van der Waals surface area (Å²) in [7, 11) is 0. The molecule has 2 heterocycles. The van der Waals surface area contributed by atoms with Crippen LogP contribution in [0.1, 0.15) is 33.1 Å². The van der Waals surface area contributed by atoms with E-state index in [9.17, 15) is 14.4 Å². The van der Waals surface area contributed by atoms with Crippen LogP contribution in [0, 0.1) is 24.1 Å². The SMILES string of the molecule is Cc1ccc(/C=C/c2nc(C#N)c(N3CCN(C(=O)c4cccc(F)c4)CC3)o2)cc1. The normalized spacial score (nSPS) is 14.1. The van der Waals surface area contributed by atoms with Gasteiger partial charge < -0.3 is 14.2 Å². The van der Waals surface area contributed by atoms with E-state index in [4.69, 9.17) is 4.42 Å². The number of halogens is 1. The van der Waals surface area contributed by atoms with Crippen LogP contribution in [-0.2, 0) is 0 Å². The molecule has 0 spiro atoms. The van der Waals surface area contributed by atoms with Gasteiger partial charge in [-0.25, -0.2) is 4.39 Å². The van der Waals surface area contributed by atoms with E-state index in [1.54, 1.807) is 17.0 Å². The van der Waals surface area contributed by atoms with Crippen molar-refractivity contribution < 1.29 is 13.6 Å². The summed E-state index contributed by atoms with van der Waals surface area (Å²) >= 11 is 0. The highest BCUT2D eigenvalue weighted by Crippen LogP contribution is 2.24. The van der Waals surface area contributed by atoms with Gasteiger partial charge in [-0.2, -0.15) is 10.2 Å². The number of anilines is 1. The third-order valence-electron chi connectivity index (χ3n) is 5.15. The number of hydrogen-bond donors (Lipinski definition) is 0. The average molecular weight is 416 g/mol. The molecule has 0 aliphatic carbocycles. The van der Waals surface area contributed by atoms with Crippen molar-refractivity contribution >= 4 is 23.9 Å². The quantitative estimate of drug-likeness (QED) is 0.640. The zero-order valence-corrected chi connectivity index (χ0v) is 17.1. The number of nitriles is 1. The van der Waals surface area contributed by atoms with Crippen molar-refractivity contribution in [3.05, 3.63) is 82.6 Å². The number of oxazole rings is 1. The fourth-order valence-corrected chi connectivity index (χ4v) is 3.45. The number of amides is 1. The second-order valence-corrected chi connectivity index (χ2v) is 7.35. The Kier molecular flexibility index (Phi) is 5.80. The maximum absolute atomic E-state index is 13.4. The van der Waals surface area contributed by atoms with Crippen LogP contribution >= 0.6 is 0 Å². The van der Waals surface area contributed by atoms with Crippen molar-refractivity contribution in [2.24, 2.45) is 0 Å². The molecule has 0 radical (unpaired) electrons. The molecule has 1 aromatic heterocycles. The highest BCUT2D eigenvalue weighted by molar-refractivity contribution is 5.94. The lowest BCUT2D eigenvalue weighted by molar-refractivity contribution is 0.0745.